The number of hydrogen-bond acceptors (Lipinski definition) is 4. The van der Waals surface area contributed by atoms with Gasteiger partial charge in [0.2, 0.25) is 5.91 Å². The van der Waals surface area contributed by atoms with E-state index >= 15 is 0 Å². The molecule has 0 aromatic heterocycles. The Bertz CT molecular complexity index is 1070. The fraction of sp³-hybridized carbons (Fsp3) is 0.444. The van der Waals surface area contributed by atoms with Crippen LogP contribution in [0.4, 0.5) is 4.79 Å². The molecule has 6 rings (SSSR count). The van der Waals surface area contributed by atoms with Crippen molar-refractivity contribution >= 4 is 18.0 Å². The number of benzene rings is 2. The summed E-state index contributed by atoms with van der Waals surface area (Å²) in [7, 11) is 0. The lowest BCUT2D eigenvalue weighted by Gasteiger charge is -2.33. The Hall–Kier alpha value is -3.35. The van der Waals surface area contributed by atoms with Gasteiger partial charge in [0.05, 0.1) is 5.92 Å². The summed E-state index contributed by atoms with van der Waals surface area (Å²) in [4.78, 5) is 38.0. The zero-order valence-electron chi connectivity index (χ0n) is 19.3. The molecular weight excluding hydrogens is 432 g/mol. The normalized spacial score (nSPS) is 23.0. The highest BCUT2D eigenvalue weighted by Gasteiger charge is 2.56. The molecule has 2 aromatic rings. The van der Waals surface area contributed by atoms with Crippen LogP contribution >= 0.6 is 0 Å². The van der Waals surface area contributed by atoms with Crippen LogP contribution in [-0.4, -0.2) is 53.2 Å². The van der Waals surface area contributed by atoms with E-state index in [2.05, 4.69) is 29.6 Å². The Balaban J connectivity index is 1.06. The van der Waals surface area contributed by atoms with E-state index in [0.29, 0.717) is 25.8 Å². The van der Waals surface area contributed by atoms with Crippen LogP contribution in [0.15, 0.2) is 48.5 Å². The van der Waals surface area contributed by atoms with Gasteiger partial charge in [-0.2, -0.15) is 0 Å². The summed E-state index contributed by atoms with van der Waals surface area (Å²) >= 11 is 0. The summed E-state index contributed by atoms with van der Waals surface area (Å²) in [6.45, 7) is 2.74. The molecule has 2 saturated heterocycles. The van der Waals surface area contributed by atoms with Crippen LogP contribution in [0.25, 0.3) is 11.1 Å². The van der Waals surface area contributed by atoms with Gasteiger partial charge >= 0.3 is 12.1 Å². The first kappa shape index (κ1) is 22.4. The van der Waals surface area contributed by atoms with Gasteiger partial charge in [0.1, 0.15) is 6.61 Å². The highest BCUT2D eigenvalue weighted by Crippen LogP contribution is 2.47. The lowest BCUT2D eigenvalue weighted by Crippen LogP contribution is -2.45. The SMILES string of the molecule is CC(CCCC(=O)N1CC2CC1C2C(=O)O)NC(=O)OCC1c2ccccc2-c2ccccc21. The van der Waals surface area contributed by atoms with Gasteiger partial charge < -0.3 is 20.1 Å². The fourth-order valence-corrected chi connectivity index (χ4v) is 5.89. The average molecular weight is 463 g/mol. The number of alkyl carbamates (subject to hydrolysis) is 1. The molecule has 2 N–H and O–H groups in total. The number of amides is 2. The zero-order chi connectivity index (χ0) is 23.8. The summed E-state index contributed by atoms with van der Waals surface area (Å²) in [5.41, 5.74) is 4.73. The lowest BCUT2D eigenvalue weighted by atomic mass is 9.74. The summed E-state index contributed by atoms with van der Waals surface area (Å²) in [6.07, 6.45) is 2.01. The molecule has 3 fully saturated rings. The largest absolute Gasteiger partial charge is 0.481 e. The summed E-state index contributed by atoms with van der Waals surface area (Å²) in [5, 5.41) is 12.1. The van der Waals surface area contributed by atoms with Crippen molar-refractivity contribution in [3.05, 3.63) is 59.7 Å². The number of carboxylic acids is 1. The second-order valence-electron chi connectivity index (χ2n) is 9.74. The van der Waals surface area contributed by atoms with Crippen LogP contribution < -0.4 is 5.32 Å². The maximum absolute atomic E-state index is 12.5. The minimum Gasteiger partial charge on any atom is -0.481 e. The lowest BCUT2D eigenvalue weighted by molar-refractivity contribution is -0.148. The predicted molar refractivity (Wildman–Crippen MR) is 126 cm³/mol. The van der Waals surface area contributed by atoms with E-state index in [0.717, 1.165) is 6.42 Å². The number of hydrogen-bond donors (Lipinski definition) is 2. The number of ether oxygens (including phenoxy) is 1. The van der Waals surface area contributed by atoms with Crippen molar-refractivity contribution in [1.82, 2.24) is 10.2 Å². The number of rotatable bonds is 8. The first-order valence-electron chi connectivity index (χ1n) is 12.1. The third kappa shape index (κ3) is 4.04. The van der Waals surface area contributed by atoms with Crippen molar-refractivity contribution in [2.45, 2.75) is 50.6 Å². The molecule has 7 nitrogen and oxygen atoms in total. The Labute approximate surface area is 199 Å². The topological polar surface area (TPSA) is 95.9 Å². The van der Waals surface area contributed by atoms with E-state index in [1.54, 1.807) is 4.90 Å². The van der Waals surface area contributed by atoms with Crippen LogP contribution in [0.2, 0.25) is 0 Å². The van der Waals surface area contributed by atoms with Gasteiger partial charge in [-0.1, -0.05) is 48.5 Å². The monoisotopic (exact) mass is 462 g/mol. The second kappa shape index (κ2) is 9.12. The van der Waals surface area contributed by atoms with E-state index in [4.69, 9.17) is 4.74 Å². The van der Waals surface area contributed by atoms with Crippen molar-refractivity contribution in [3.63, 3.8) is 0 Å². The molecule has 2 aromatic carbocycles. The van der Waals surface area contributed by atoms with Gasteiger partial charge in [-0.15, -0.1) is 0 Å². The minimum absolute atomic E-state index is 0.0181. The Morgan fingerprint density at radius 3 is 2.35 bits per heavy atom. The van der Waals surface area contributed by atoms with Crippen molar-refractivity contribution in [1.29, 1.82) is 0 Å². The molecule has 0 spiro atoms. The maximum atomic E-state index is 12.5. The zero-order valence-corrected chi connectivity index (χ0v) is 19.3. The Morgan fingerprint density at radius 2 is 1.74 bits per heavy atom. The van der Waals surface area contributed by atoms with Crippen molar-refractivity contribution in [3.8, 4) is 11.1 Å². The van der Waals surface area contributed by atoms with E-state index in [-0.39, 0.29) is 36.4 Å². The summed E-state index contributed by atoms with van der Waals surface area (Å²) in [5.74, 6) is -1.03. The second-order valence-corrected chi connectivity index (χ2v) is 9.74. The number of aliphatic carboxylic acids is 1. The highest BCUT2D eigenvalue weighted by molar-refractivity contribution is 5.81. The van der Waals surface area contributed by atoms with Crippen LogP contribution in [0.1, 0.15) is 49.7 Å². The molecule has 4 aliphatic rings. The summed E-state index contributed by atoms with van der Waals surface area (Å²) in [6, 6.07) is 16.2. The number of carboxylic acid groups (broad SMARTS) is 1. The Kier molecular flexibility index (Phi) is 6.02. The third-order valence-corrected chi connectivity index (χ3v) is 7.64. The van der Waals surface area contributed by atoms with Gasteiger partial charge in [-0.05, 0) is 54.4 Å². The van der Waals surface area contributed by atoms with Crippen LogP contribution in [0.5, 0.6) is 0 Å². The first-order chi connectivity index (χ1) is 16.4. The quantitative estimate of drug-likeness (QED) is 0.618. The molecule has 4 atom stereocenters. The molecule has 178 valence electrons. The molecule has 1 saturated carbocycles. The molecule has 34 heavy (non-hydrogen) atoms. The summed E-state index contributed by atoms with van der Waals surface area (Å²) < 4.78 is 5.59. The molecular formula is C27H30N2O5. The predicted octanol–water partition coefficient (Wildman–Crippen LogP) is 4.02. The molecule has 2 aliphatic carbocycles. The van der Waals surface area contributed by atoms with Crippen molar-refractivity contribution in [2.75, 3.05) is 13.2 Å². The first-order valence-corrected chi connectivity index (χ1v) is 12.1. The smallest absolute Gasteiger partial charge is 0.407 e. The van der Waals surface area contributed by atoms with Gasteiger partial charge in [0.25, 0.3) is 0 Å². The van der Waals surface area contributed by atoms with Crippen molar-refractivity contribution in [2.24, 2.45) is 11.8 Å². The molecule has 4 unspecified atom stereocenters. The minimum atomic E-state index is -0.794. The number of nitrogens with one attached hydrogen (secondary N) is 1. The standard InChI is InChI=1S/C27H30N2O5/c1-16(7-6-12-24(30)29-14-17-13-23(29)25(17)26(31)32)28-27(33)34-15-22-20-10-4-2-8-18(20)19-9-3-5-11-21(19)22/h2-5,8-11,16-17,22-23,25H,6-7,12-15H2,1H3,(H,28,33)(H,31,32). The van der Waals surface area contributed by atoms with Gasteiger partial charge in [0.15, 0.2) is 0 Å². The number of carbonyl (C=O) groups excluding carboxylic acids is 2. The number of carbonyl (C=O) groups is 3. The van der Waals surface area contributed by atoms with E-state index in [1.807, 2.05) is 31.2 Å². The highest BCUT2D eigenvalue weighted by atomic mass is 16.5. The molecule has 2 heterocycles. The maximum Gasteiger partial charge on any atom is 0.407 e. The van der Waals surface area contributed by atoms with E-state index in [9.17, 15) is 19.5 Å². The van der Waals surface area contributed by atoms with Crippen molar-refractivity contribution < 1.29 is 24.2 Å². The molecule has 2 aliphatic heterocycles. The molecule has 2 bridgehead atoms. The number of nitrogens with zero attached hydrogens (tertiary/aromatic N) is 1. The van der Waals surface area contributed by atoms with Gasteiger partial charge in [0, 0.05) is 31.0 Å². The van der Waals surface area contributed by atoms with Gasteiger partial charge in [-0.3, -0.25) is 9.59 Å². The van der Waals surface area contributed by atoms with E-state index in [1.165, 1.54) is 22.3 Å². The van der Waals surface area contributed by atoms with Gasteiger partial charge in [-0.25, -0.2) is 4.79 Å². The van der Waals surface area contributed by atoms with Crippen LogP contribution in [0.3, 0.4) is 0 Å². The Morgan fingerprint density at radius 1 is 1.09 bits per heavy atom. The van der Waals surface area contributed by atoms with Crippen LogP contribution in [-0.2, 0) is 14.3 Å². The number of fused-ring (bicyclic) bond motifs is 4. The molecule has 0 radical (unpaired) electrons. The fourth-order valence-electron chi connectivity index (χ4n) is 5.89. The molecule has 7 heteroatoms. The third-order valence-electron chi connectivity index (χ3n) is 7.64. The average Bonchev–Trinajstić information content (AvgIpc) is 3.48. The van der Waals surface area contributed by atoms with E-state index < -0.39 is 18.0 Å². The van der Waals surface area contributed by atoms with Crippen LogP contribution in [0, 0.1) is 11.8 Å². The molecule has 2 amide bonds.